The molecule has 2 aromatic rings. The number of alkyl halides is 2. The van der Waals surface area contributed by atoms with E-state index in [1.165, 1.54) is 10.6 Å². The zero-order valence-electron chi connectivity index (χ0n) is 15.1. The molecule has 1 N–H and O–H groups in total. The second-order valence-electron chi connectivity index (χ2n) is 7.40. The number of rotatable bonds is 1. The van der Waals surface area contributed by atoms with Crippen LogP contribution in [-0.4, -0.2) is 45.2 Å². The molecule has 0 atom stereocenters. The van der Waals surface area contributed by atoms with Crippen LogP contribution in [0.25, 0.3) is 16.6 Å². The van der Waals surface area contributed by atoms with Crippen LogP contribution < -0.4 is 5.69 Å². The Morgan fingerprint density at radius 2 is 2.00 bits per heavy atom. The van der Waals surface area contributed by atoms with E-state index < -0.39 is 24.2 Å². The van der Waals surface area contributed by atoms with E-state index in [9.17, 15) is 18.4 Å². The van der Waals surface area contributed by atoms with Crippen molar-refractivity contribution in [2.45, 2.75) is 32.3 Å². The molecular weight excluding hydrogens is 344 g/mol. The van der Waals surface area contributed by atoms with Gasteiger partial charge in [-0.25, -0.2) is 9.59 Å². The van der Waals surface area contributed by atoms with Crippen molar-refractivity contribution in [3.63, 3.8) is 0 Å². The number of nitrogens with one attached hydrogen (secondary N) is 1. The third-order valence-electron chi connectivity index (χ3n) is 4.17. The second-order valence-corrected chi connectivity index (χ2v) is 7.40. The number of carbonyl (C=O) groups is 1. The van der Waals surface area contributed by atoms with Crippen LogP contribution in [-0.2, 0) is 11.8 Å². The number of H-pyrrole nitrogens is 1. The van der Waals surface area contributed by atoms with Gasteiger partial charge in [-0.3, -0.25) is 9.47 Å². The highest BCUT2D eigenvalue weighted by atomic mass is 19.3. The number of benzene rings is 1. The Bertz CT molecular complexity index is 951. The summed E-state index contributed by atoms with van der Waals surface area (Å²) in [7, 11) is 1.57. The zero-order valence-corrected chi connectivity index (χ0v) is 15.1. The Morgan fingerprint density at radius 1 is 1.31 bits per heavy atom. The van der Waals surface area contributed by atoms with E-state index in [0.29, 0.717) is 16.6 Å². The first-order valence-electron chi connectivity index (χ1n) is 8.23. The number of hydrogen-bond donors (Lipinski definition) is 1. The van der Waals surface area contributed by atoms with Gasteiger partial charge in [-0.2, -0.15) is 8.78 Å². The van der Waals surface area contributed by atoms with Gasteiger partial charge < -0.3 is 9.72 Å². The number of carbonyl (C=O) groups excluding carboxylic acids is 1. The lowest BCUT2D eigenvalue weighted by Crippen LogP contribution is -2.46. The van der Waals surface area contributed by atoms with Crippen LogP contribution in [0, 0.1) is 0 Å². The maximum Gasteiger partial charge on any atom is 0.410 e. The zero-order chi connectivity index (χ0) is 19.3. The molecule has 140 valence electrons. The highest BCUT2D eigenvalue weighted by molar-refractivity contribution is 5.83. The fourth-order valence-corrected chi connectivity index (χ4v) is 2.93. The minimum atomic E-state index is -3.22. The minimum Gasteiger partial charge on any atom is -0.444 e. The highest BCUT2D eigenvalue weighted by Crippen LogP contribution is 2.37. The van der Waals surface area contributed by atoms with Gasteiger partial charge in [0.2, 0.25) is 0 Å². The number of aryl methyl sites for hydroxylation is 1. The standard InChI is InChI=1S/C18H21F2N3O3/c1-17(2,3)26-16(25)23-8-7-12(18(19,20)10-23)11-5-6-13-14(9-11)22(4)15(24)21-13/h5-7,9H,8,10H2,1-4H3,(H,21,24). The Morgan fingerprint density at radius 3 is 2.62 bits per heavy atom. The quantitative estimate of drug-likeness (QED) is 0.844. The molecule has 0 saturated carbocycles. The molecule has 1 aromatic carbocycles. The fourth-order valence-electron chi connectivity index (χ4n) is 2.93. The molecule has 1 aliphatic rings. The van der Waals surface area contributed by atoms with Gasteiger partial charge in [0.15, 0.2) is 0 Å². The molecule has 8 heteroatoms. The fraction of sp³-hybridized carbons (Fsp3) is 0.444. The first kappa shape index (κ1) is 18.2. The lowest BCUT2D eigenvalue weighted by atomic mass is 9.95. The van der Waals surface area contributed by atoms with Gasteiger partial charge in [-0.15, -0.1) is 0 Å². The van der Waals surface area contributed by atoms with Crippen molar-refractivity contribution in [1.82, 2.24) is 14.5 Å². The van der Waals surface area contributed by atoms with Gasteiger partial charge in [0.1, 0.15) is 5.60 Å². The Kier molecular flexibility index (Phi) is 4.17. The molecule has 0 aliphatic carbocycles. The highest BCUT2D eigenvalue weighted by Gasteiger charge is 2.42. The monoisotopic (exact) mass is 365 g/mol. The number of halogens is 2. The van der Waals surface area contributed by atoms with Gasteiger partial charge in [-0.1, -0.05) is 12.1 Å². The van der Waals surface area contributed by atoms with Crippen LogP contribution in [0.15, 0.2) is 29.1 Å². The average molecular weight is 365 g/mol. The summed E-state index contributed by atoms with van der Waals surface area (Å²) in [5.41, 5.74) is 0.224. The molecule has 26 heavy (non-hydrogen) atoms. The van der Waals surface area contributed by atoms with Crippen molar-refractivity contribution in [2.75, 3.05) is 13.1 Å². The van der Waals surface area contributed by atoms with Crippen LogP contribution in [0.4, 0.5) is 13.6 Å². The van der Waals surface area contributed by atoms with Crippen molar-refractivity contribution in [1.29, 1.82) is 0 Å². The molecule has 1 aliphatic heterocycles. The van der Waals surface area contributed by atoms with E-state index in [0.717, 1.165) is 4.90 Å². The van der Waals surface area contributed by atoms with Gasteiger partial charge in [0.25, 0.3) is 5.92 Å². The number of nitrogens with zero attached hydrogens (tertiary/aromatic N) is 2. The Balaban J connectivity index is 1.92. The summed E-state index contributed by atoms with van der Waals surface area (Å²) in [6, 6.07) is 4.69. The van der Waals surface area contributed by atoms with Crippen molar-refractivity contribution < 1.29 is 18.3 Å². The molecular formula is C18H21F2N3O3. The molecule has 2 heterocycles. The summed E-state index contributed by atoms with van der Waals surface area (Å²) in [5.74, 6) is -3.22. The normalized spacial score (nSPS) is 17.3. The number of amides is 1. The van der Waals surface area contributed by atoms with E-state index in [1.54, 1.807) is 46.0 Å². The van der Waals surface area contributed by atoms with Crippen molar-refractivity contribution in [3.05, 3.63) is 40.3 Å². The summed E-state index contributed by atoms with van der Waals surface area (Å²) < 4.78 is 36.0. The maximum atomic E-state index is 14.7. The molecule has 0 fully saturated rings. The van der Waals surface area contributed by atoms with Crippen molar-refractivity contribution in [2.24, 2.45) is 7.05 Å². The third-order valence-corrected chi connectivity index (χ3v) is 4.17. The van der Waals surface area contributed by atoms with Crippen LogP contribution in [0.5, 0.6) is 0 Å². The van der Waals surface area contributed by atoms with E-state index in [4.69, 9.17) is 4.74 Å². The van der Waals surface area contributed by atoms with Crippen LogP contribution >= 0.6 is 0 Å². The predicted molar refractivity (Wildman–Crippen MR) is 94.3 cm³/mol. The van der Waals surface area contributed by atoms with E-state index in [2.05, 4.69) is 4.98 Å². The van der Waals surface area contributed by atoms with Crippen molar-refractivity contribution in [3.8, 4) is 0 Å². The van der Waals surface area contributed by atoms with Crippen molar-refractivity contribution >= 4 is 22.7 Å². The van der Waals surface area contributed by atoms with E-state index in [-0.39, 0.29) is 17.8 Å². The molecule has 0 unspecified atom stereocenters. The van der Waals surface area contributed by atoms with Gasteiger partial charge in [-0.05, 0) is 38.5 Å². The Labute approximate surface area is 149 Å². The molecule has 0 spiro atoms. The number of imidazole rings is 1. The molecule has 1 amide bonds. The summed E-state index contributed by atoms with van der Waals surface area (Å²) in [5, 5.41) is 0. The van der Waals surface area contributed by atoms with Gasteiger partial charge in [0, 0.05) is 19.2 Å². The summed E-state index contributed by atoms with van der Waals surface area (Å²) in [6.45, 7) is 4.33. The SMILES string of the molecule is Cn1c(=O)[nH]c2ccc(C3=CCN(C(=O)OC(C)(C)C)CC3(F)F)cc21. The maximum absolute atomic E-state index is 14.7. The predicted octanol–water partition coefficient (Wildman–Crippen LogP) is 3.14. The first-order valence-corrected chi connectivity index (χ1v) is 8.23. The summed E-state index contributed by atoms with van der Waals surface area (Å²) in [4.78, 5) is 27.4. The molecule has 0 saturated heterocycles. The van der Waals surface area contributed by atoms with E-state index >= 15 is 0 Å². The molecule has 0 bridgehead atoms. The topological polar surface area (TPSA) is 67.3 Å². The number of aromatic nitrogens is 2. The van der Waals surface area contributed by atoms with E-state index in [1.807, 2.05) is 0 Å². The molecule has 0 radical (unpaired) electrons. The minimum absolute atomic E-state index is 0.0317. The van der Waals surface area contributed by atoms with Crippen LogP contribution in [0.2, 0.25) is 0 Å². The molecule has 1 aromatic heterocycles. The van der Waals surface area contributed by atoms with Gasteiger partial charge >= 0.3 is 11.8 Å². The van der Waals surface area contributed by atoms with Crippen LogP contribution in [0.1, 0.15) is 26.3 Å². The number of ether oxygens (including phenoxy) is 1. The average Bonchev–Trinajstić information content (AvgIpc) is 2.79. The largest absolute Gasteiger partial charge is 0.444 e. The first-order chi connectivity index (χ1) is 12.0. The molecule has 3 rings (SSSR count). The number of hydrogen-bond acceptors (Lipinski definition) is 3. The molecule has 6 nitrogen and oxygen atoms in total. The number of fused-ring (bicyclic) bond motifs is 1. The summed E-state index contributed by atoms with van der Waals surface area (Å²) >= 11 is 0. The lowest BCUT2D eigenvalue weighted by molar-refractivity contribution is -0.0105. The van der Waals surface area contributed by atoms with Gasteiger partial charge in [0.05, 0.1) is 17.6 Å². The summed E-state index contributed by atoms with van der Waals surface area (Å²) in [6.07, 6.45) is 0.565. The second kappa shape index (κ2) is 5.96. The van der Waals surface area contributed by atoms with Crippen LogP contribution in [0.3, 0.4) is 0 Å². The Hall–Kier alpha value is -2.64. The lowest BCUT2D eigenvalue weighted by Gasteiger charge is -2.34. The smallest absolute Gasteiger partial charge is 0.410 e. The number of aromatic amines is 1. The third kappa shape index (κ3) is 3.36.